The van der Waals surface area contributed by atoms with Gasteiger partial charge in [-0.05, 0) is 57.2 Å². The van der Waals surface area contributed by atoms with Crippen molar-refractivity contribution in [1.82, 2.24) is 5.43 Å². The van der Waals surface area contributed by atoms with Gasteiger partial charge in [0.25, 0.3) is 15.9 Å². The second-order valence-corrected chi connectivity index (χ2v) is 7.98. The molecular weight excluding hydrogens is 366 g/mol. The highest BCUT2D eigenvalue weighted by Crippen LogP contribution is 2.25. The van der Waals surface area contributed by atoms with Crippen LogP contribution in [0.2, 0.25) is 0 Å². The molecule has 0 saturated heterocycles. The molecule has 0 radical (unpaired) electrons. The Bertz CT molecular complexity index is 916. The van der Waals surface area contributed by atoms with Crippen molar-refractivity contribution in [3.63, 3.8) is 0 Å². The van der Waals surface area contributed by atoms with Crippen LogP contribution in [0.5, 0.6) is 5.75 Å². The van der Waals surface area contributed by atoms with Gasteiger partial charge in [-0.1, -0.05) is 17.7 Å². The van der Waals surface area contributed by atoms with Crippen molar-refractivity contribution in [3.05, 3.63) is 54.1 Å². The fourth-order valence-corrected chi connectivity index (χ4v) is 3.66. The van der Waals surface area contributed by atoms with Gasteiger partial charge in [0, 0.05) is 5.71 Å². The molecule has 144 valence electrons. The molecule has 8 heteroatoms. The van der Waals surface area contributed by atoms with Crippen LogP contribution in [0.15, 0.2) is 58.5 Å². The fraction of sp³-hybridized carbons (Fsp3) is 0.263. The predicted octanol–water partition coefficient (Wildman–Crippen LogP) is 2.71. The maximum Gasteiger partial charge on any atom is 0.264 e. The highest BCUT2D eigenvalue weighted by Gasteiger charge is 2.27. The minimum atomic E-state index is -3.94. The van der Waals surface area contributed by atoms with Crippen molar-refractivity contribution in [1.29, 1.82) is 0 Å². The van der Waals surface area contributed by atoms with Crippen LogP contribution < -0.4 is 14.5 Å². The molecule has 0 spiro atoms. The Morgan fingerprint density at radius 2 is 1.67 bits per heavy atom. The summed E-state index contributed by atoms with van der Waals surface area (Å²) in [7, 11) is -2.42. The zero-order valence-corrected chi connectivity index (χ0v) is 16.6. The summed E-state index contributed by atoms with van der Waals surface area (Å²) in [6.07, 6.45) is 0. The summed E-state index contributed by atoms with van der Waals surface area (Å²) < 4.78 is 32.5. The third-order valence-corrected chi connectivity index (χ3v) is 5.45. The minimum Gasteiger partial charge on any atom is -0.497 e. The molecule has 7 nitrogen and oxygen atoms in total. The normalized spacial score (nSPS) is 10.8. The number of aryl methyl sites for hydroxylation is 1. The molecule has 0 aliphatic heterocycles. The topological polar surface area (TPSA) is 88.1 Å². The van der Waals surface area contributed by atoms with Gasteiger partial charge in [-0.15, -0.1) is 0 Å². The van der Waals surface area contributed by atoms with Crippen LogP contribution in [-0.2, 0) is 14.8 Å². The first-order valence-corrected chi connectivity index (χ1v) is 9.71. The van der Waals surface area contributed by atoms with E-state index in [2.05, 4.69) is 10.5 Å². The van der Waals surface area contributed by atoms with Gasteiger partial charge in [-0.25, -0.2) is 13.8 Å². The molecule has 2 aromatic carbocycles. The number of rotatable bonds is 7. The lowest BCUT2D eigenvalue weighted by molar-refractivity contribution is -0.119. The zero-order chi connectivity index (χ0) is 20.0. The molecule has 0 unspecified atom stereocenters. The summed E-state index contributed by atoms with van der Waals surface area (Å²) in [5.41, 5.74) is 4.30. The first kappa shape index (κ1) is 20.4. The predicted molar refractivity (Wildman–Crippen MR) is 106 cm³/mol. The lowest BCUT2D eigenvalue weighted by atomic mass is 10.2. The third-order valence-electron chi connectivity index (χ3n) is 3.66. The van der Waals surface area contributed by atoms with Gasteiger partial charge in [0.2, 0.25) is 0 Å². The minimum absolute atomic E-state index is 0.104. The maximum absolute atomic E-state index is 13.2. The largest absolute Gasteiger partial charge is 0.497 e. The number of nitrogens with one attached hydrogen (secondary N) is 1. The quantitative estimate of drug-likeness (QED) is 0.583. The van der Waals surface area contributed by atoms with Crippen molar-refractivity contribution >= 4 is 27.3 Å². The van der Waals surface area contributed by atoms with Crippen LogP contribution in [0.3, 0.4) is 0 Å². The molecule has 0 aliphatic carbocycles. The molecule has 0 aliphatic rings. The molecule has 0 saturated carbocycles. The van der Waals surface area contributed by atoms with Crippen LogP contribution in [0.4, 0.5) is 5.69 Å². The molecule has 0 aromatic heterocycles. The summed E-state index contributed by atoms with van der Waals surface area (Å²) in [5.74, 6) is 0.0461. The number of carbonyl (C=O) groups excluding carboxylic acids is 1. The Hall–Kier alpha value is -2.87. The van der Waals surface area contributed by atoms with Gasteiger partial charge in [0.15, 0.2) is 0 Å². The molecule has 0 bridgehead atoms. The molecule has 27 heavy (non-hydrogen) atoms. The smallest absolute Gasteiger partial charge is 0.264 e. The van der Waals surface area contributed by atoms with Gasteiger partial charge in [-0.2, -0.15) is 5.10 Å². The number of hydrazone groups is 1. The Labute approximate surface area is 159 Å². The van der Waals surface area contributed by atoms with Crippen LogP contribution in [0.25, 0.3) is 0 Å². The molecular formula is C19H23N3O4S. The van der Waals surface area contributed by atoms with E-state index in [9.17, 15) is 13.2 Å². The number of ether oxygens (including phenoxy) is 1. The van der Waals surface area contributed by atoms with E-state index in [0.717, 1.165) is 9.87 Å². The molecule has 0 heterocycles. The maximum atomic E-state index is 13.2. The summed E-state index contributed by atoms with van der Waals surface area (Å²) in [6, 6.07) is 12.9. The van der Waals surface area contributed by atoms with Gasteiger partial charge in [0.1, 0.15) is 12.3 Å². The number of nitrogens with zero attached hydrogens (tertiary/aromatic N) is 2. The van der Waals surface area contributed by atoms with Gasteiger partial charge < -0.3 is 4.74 Å². The van der Waals surface area contributed by atoms with Crippen molar-refractivity contribution in [2.45, 2.75) is 25.7 Å². The van der Waals surface area contributed by atoms with Crippen molar-refractivity contribution in [3.8, 4) is 5.75 Å². The Balaban J connectivity index is 2.42. The van der Waals surface area contributed by atoms with Crippen LogP contribution in [-0.4, -0.2) is 33.7 Å². The van der Waals surface area contributed by atoms with Gasteiger partial charge in [0.05, 0.1) is 17.7 Å². The second kappa shape index (κ2) is 8.68. The van der Waals surface area contributed by atoms with E-state index >= 15 is 0 Å². The number of amides is 1. The highest BCUT2D eigenvalue weighted by atomic mass is 32.2. The SMILES string of the molecule is COc1ccc(N(CC(=O)NN=C(C)C)S(=O)(=O)c2ccc(C)cc2)cc1. The van der Waals surface area contributed by atoms with E-state index in [1.807, 2.05) is 6.92 Å². The standard InChI is InChI=1S/C19H23N3O4S/c1-14(2)20-21-19(23)13-22(16-7-9-17(26-4)10-8-16)27(24,25)18-11-5-15(3)6-12-18/h5-12H,13H2,1-4H3,(H,21,23). The average Bonchev–Trinajstić information content (AvgIpc) is 2.65. The molecule has 0 atom stereocenters. The van der Waals surface area contributed by atoms with Gasteiger partial charge in [-0.3, -0.25) is 9.10 Å². The highest BCUT2D eigenvalue weighted by molar-refractivity contribution is 7.92. The lowest BCUT2D eigenvalue weighted by Gasteiger charge is -2.24. The number of carbonyl (C=O) groups is 1. The Kier molecular flexibility index (Phi) is 6.57. The second-order valence-electron chi connectivity index (χ2n) is 6.12. The summed E-state index contributed by atoms with van der Waals surface area (Å²) in [5, 5.41) is 3.84. The lowest BCUT2D eigenvalue weighted by Crippen LogP contribution is -2.39. The summed E-state index contributed by atoms with van der Waals surface area (Å²) in [6.45, 7) is 4.92. The Morgan fingerprint density at radius 1 is 1.07 bits per heavy atom. The van der Waals surface area contributed by atoms with Crippen molar-refractivity contribution < 1.29 is 17.9 Å². The van der Waals surface area contributed by atoms with Crippen molar-refractivity contribution in [2.75, 3.05) is 18.0 Å². The van der Waals surface area contributed by atoms with E-state index in [-0.39, 0.29) is 4.90 Å². The van der Waals surface area contributed by atoms with Crippen LogP contribution in [0, 0.1) is 6.92 Å². The van der Waals surface area contributed by atoms with E-state index in [1.54, 1.807) is 50.2 Å². The monoisotopic (exact) mass is 389 g/mol. The number of sulfonamides is 1. The number of hydrogen-bond donors (Lipinski definition) is 1. The Morgan fingerprint density at radius 3 is 2.19 bits per heavy atom. The van der Waals surface area contributed by atoms with E-state index in [4.69, 9.17) is 4.74 Å². The summed E-state index contributed by atoms with van der Waals surface area (Å²) in [4.78, 5) is 12.3. The zero-order valence-electron chi connectivity index (χ0n) is 15.8. The number of anilines is 1. The first-order valence-electron chi connectivity index (χ1n) is 8.27. The number of hydrogen-bond acceptors (Lipinski definition) is 5. The molecule has 0 fully saturated rings. The molecule has 2 aromatic rings. The van der Waals surface area contributed by atoms with Crippen LogP contribution >= 0.6 is 0 Å². The third kappa shape index (κ3) is 5.30. The summed E-state index contributed by atoms with van der Waals surface area (Å²) >= 11 is 0. The van der Waals surface area contributed by atoms with Crippen LogP contribution in [0.1, 0.15) is 19.4 Å². The van der Waals surface area contributed by atoms with Crippen molar-refractivity contribution in [2.24, 2.45) is 5.10 Å². The molecule has 1 amide bonds. The van der Waals surface area contributed by atoms with E-state index < -0.39 is 22.5 Å². The number of benzene rings is 2. The fourth-order valence-electron chi connectivity index (χ4n) is 2.24. The number of methoxy groups -OCH3 is 1. The van der Waals surface area contributed by atoms with E-state index in [0.29, 0.717) is 17.1 Å². The molecule has 1 N–H and O–H groups in total. The average molecular weight is 389 g/mol. The molecule has 2 rings (SSSR count). The van der Waals surface area contributed by atoms with Gasteiger partial charge >= 0.3 is 0 Å². The first-order chi connectivity index (χ1) is 12.7. The van der Waals surface area contributed by atoms with E-state index in [1.165, 1.54) is 19.2 Å².